The smallest absolute Gasteiger partial charge is 0.128 e. The van der Waals surface area contributed by atoms with E-state index >= 15 is 0 Å². The summed E-state index contributed by atoms with van der Waals surface area (Å²) in [6.07, 6.45) is 4.54. The van der Waals surface area contributed by atoms with Crippen LogP contribution in [0.25, 0.3) is 11.1 Å². The van der Waals surface area contributed by atoms with Gasteiger partial charge in [-0.3, -0.25) is 4.98 Å². The lowest BCUT2D eigenvalue weighted by Gasteiger charge is -2.12. The Morgan fingerprint density at radius 2 is 2.11 bits per heavy atom. The molecule has 0 radical (unpaired) electrons. The zero-order chi connectivity index (χ0) is 13.7. The highest BCUT2D eigenvalue weighted by atomic mass is 16.5. The highest BCUT2D eigenvalue weighted by molar-refractivity contribution is 5.99. The molecule has 1 heterocycles. The first kappa shape index (κ1) is 13.3. The quantitative estimate of drug-likeness (QED) is 0.822. The number of hydrogen-bond donors (Lipinski definition) is 1. The lowest BCUT2D eigenvalue weighted by Crippen LogP contribution is -2.02. The van der Waals surface area contributed by atoms with Crippen molar-refractivity contribution in [3.05, 3.63) is 48.3 Å². The molecule has 0 bridgehead atoms. The van der Waals surface area contributed by atoms with E-state index in [1.54, 1.807) is 13.1 Å². The molecule has 1 aromatic carbocycles. The summed E-state index contributed by atoms with van der Waals surface area (Å²) in [5.74, 6) is 0.774. The molecule has 1 N–H and O–H groups in total. The number of pyridine rings is 1. The number of aromatic nitrogens is 1. The van der Waals surface area contributed by atoms with Crippen molar-refractivity contribution in [1.29, 1.82) is 5.41 Å². The predicted octanol–water partition coefficient (Wildman–Crippen LogP) is 3.93. The Hall–Kier alpha value is -2.16. The van der Waals surface area contributed by atoms with Gasteiger partial charge in [0, 0.05) is 29.2 Å². The predicted molar refractivity (Wildman–Crippen MR) is 78.0 cm³/mol. The van der Waals surface area contributed by atoms with E-state index in [2.05, 4.69) is 11.9 Å². The molecule has 0 saturated carbocycles. The SMILES string of the molecule is CCCOc1cc(-c2cccnc2)ccc1C(C)=N. The number of benzene rings is 1. The fourth-order valence-electron chi connectivity index (χ4n) is 1.88. The summed E-state index contributed by atoms with van der Waals surface area (Å²) in [7, 11) is 0. The molecule has 98 valence electrons. The maximum atomic E-state index is 7.79. The molecule has 0 spiro atoms. The minimum absolute atomic E-state index is 0.517. The van der Waals surface area contributed by atoms with Crippen LogP contribution in [0.4, 0.5) is 0 Å². The van der Waals surface area contributed by atoms with E-state index in [0.29, 0.717) is 12.3 Å². The van der Waals surface area contributed by atoms with E-state index in [1.807, 2.05) is 36.5 Å². The molecule has 0 saturated heterocycles. The zero-order valence-corrected chi connectivity index (χ0v) is 11.3. The van der Waals surface area contributed by atoms with Crippen LogP contribution in [0.2, 0.25) is 0 Å². The van der Waals surface area contributed by atoms with Crippen molar-refractivity contribution in [1.82, 2.24) is 4.98 Å². The van der Waals surface area contributed by atoms with Crippen LogP contribution in [0.1, 0.15) is 25.8 Å². The maximum absolute atomic E-state index is 7.79. The van der Waals surface area contributed by atoms with Gasteiger partial charge in [-0.25, -0.2) is 0 Å². The first-order chi connectivity index (χ1) is 9.22. The lowest BCUT2D eigenvalue weighted by atomic mass is 10.0. The molecule has 2 rings (SSSR count). The van der Waals surface area contributed by atoms with Gasteiger partial charge in [-0.15, -0.1) is 0 Å². The second kappa shape index (κ2) is 6.14. The van der Waals surface area contributed by atoms with E-state index in [0.717, 1.165) is 28.9 Å². The summed E-state index contributed by atoms with van der Waals surface area (Å²) in [5, 5.41) is 7.79. The van der Waals surface area contributed by atoms with Gasteiger partial charge < -0.3 is 10.1 Å². The van der Waals surface area contributed by atoms with Gasteiger partial charge in [0.05, 0.1) is 6.61 Å². The Bertz CT molecular complexity index is 564. The molecule has 0 unspecified atom stereocenters. The molecule has 19 heavy (non-hydrogen) atoms. The first-order valence-electron chi connectivity index (χ1n) is 6.45. The second-order valence-corrected chi connectivity index (χ2v) is 4.43. The molecule has 0 fully saturated rings. The topological polar surface area (TPSA) is 46.0 Å². The van der Waals surface area contributed by atoms with Gasteiger partial charge >= 0.3 is 0 Å². The Morgan fingerprint density at radius 1 is 1.26 bits per heavy atom. The highest BCUT2D eigenvalue weighted by Gasteiger charge is 2.08. The zero-order valence-electron chi connectivity index (χ0n) is 11.3. The summed E-state index contributed by atoms with van der Waals surface area (Å²) in [6, 6.07) is 9.86. The summed E-state index contributed by atoms with van der Waals surface area (Å²) in [6.45, 7) is 4.51. The summed E-state index contributed by atoms with van der Waals surface area (Å²) < 4.78 is 5.75. The van der Waals surface area contributed by atoms with Gasteiger partial charge in [0.25, 0.3) is 0 Å². The first-order valence-corrected chi connectivity index (χ1v) is 6.45. The molecular weight excluding hydrogens is 236 g/mol. The van der Waals surface area contributed by atoms with Gasteiger partial charge in [-0.1, -0.05) is 19.1 Å². The monoisotopic (exact) mass is 254 g/mol. The second-order valence-electron chi connectivity index (χ2n) is 4.43. The van der Waals surface area contributed by atoms with Gasteiger partial charge in [-0.05, 0) is 37.1 Å². The fraction of sp³-hybridized carbons (Fsp3) is 0.250. The van der Waals surface area contributed by atoms with Crippen LogP contribution in [0.3, 0.4) is 0 Å². The molecule has 0 aliphatic rings. The molecule has 1 aromatic heterocycles. The number of ether oxygens (including phenoxy) is 1. The number of hydrogen-bond acceptors (Lipinski definition) is 3. The van der Waals surface area contributed by atoms with Crippen LogP contribution in [0.15, 0.2) is 42.7 Å². The summed E-state index contributed by atoms with van der Waals surface area (Å²) in [5.41, 5.74) is 3.48. The maximum Gasteiger partial charge on any atom is 0.128 e. The Balaban J connectivity index is 2.40. The Labute approximate surface area is 113 Å². The standard InChI is InChI=1S/C16H18N2O/c1-3-9-19-16-10-13(6-7-15(16)12(2)17)14-5-4-8-18-11-14/h4-8,10-11,17H,3,9H2,1-2H3. The minimum atomic E-state index is 0.517. The molecule has 0 aliphatic carbocycles. The van der Waals surface area contributed by atoms with E-state index in [4.69, 9.17) is 10.1 Å². The lowest BCUT2D eigenvalue weighted by molar-refractivity contribution is 0.317. The largest absolute Gasteiger partial charge is 0.493 e. The van der Waals surface area contributed by atoms with E-state index in [9.17, 15) is 0 Å². The average Bonchev–Trinajstić information content (AvgIpc) is 2.45. The molecule has 0 aliphatic heterocycles. The van der Waals surface area contributed by atoms with Crippen molar-refractivity contribution >= 4 is 5.71 Å². The molecule has 3 nitrogen and oxygen atoms in total. The summed E-state index contributed by atoms with van der Waals surface area (Å²) in [4.78, 5) is 4.13. The Kier molecular flexibility index (Phi) is 4.29. The van der Waals surface area contributed by atoms with Crippen molar-refractivity contribution in [3.8, 4) is 16.9 Å². The van der Waals surface area contributed by atoms with Crippen LogP contribution in [0.5, 0.6) is 5.75 Å². The van der Waals surface area contributed by atoms with Crippen molar-refractivity contribution in [2.75, 3.05) is 6.61 Å². The highest BCUT2D eigenvalue weighted by Crippen LogP contribution is 2.27. The molecular formula is C16H18N2O. The van der Waals surface area contributed by atoms with Gasteiger partial charge in [0.15, 0.2) is 0 Å². The van der Waals surface area contributed by atoms with Crippen LogP contribution in [-0.4, -0.2) is 17.3 Å². The van der Waals surface area contributed by atoms with Crippen LogP contribution in [-0.2, 0) is 0 Å². The number of nitrogens with one attached hydrogen (secondary N) is 1. The summed E-state index contributed by atoms with van der Waals surface area (Å²) >= 11 is 0. The number of rotatable bonds is 5. The van der Waals surface area contributed by atoms with Crippen LogP contribution < -0.4 is 4.74 Å². The van der Waals surface area contributed by atoms with Crippen molar-refractivity contribution in [2.45, 2.75) is 20.3 Å². The third-order valence-electron chi connectivity index (χ3n) is 2.84. The van der Waals surface area contributed by atoms with Crippen LogP contribution in [0, 0.1) is 5.41 Å². The van der Waals surface area contributed by atoms with Crippen molar-refractivity contribution in [2.24, 2.45) is 0 Å². The molecule has 3 heteroatoms. The molecule has 2 aromatic rings. The van der Waals surface area contributed by atoms with Crippen molar-refractivity contribution < 1.29 is 4.74 Å². The third kappa shape index (κ3) is 3.19. The van der Waals surface area contributed by atoms with Crippen molar-refractivity contribution in [3.63, 3.8) is 0 Å². The van der Waals surface area contributed by atoms with Gasteiger partial charge in [-0.2, -0.15) is 0 Å². The average molecular weight is 254 g/mol. The van der Waals surface area contributed by atoms with E-state index in [1.165, 1.54) is 0 Å². The van der Waals surface area contributed by atoms with Gasteiger partial charge in [0.1, 0.15) is 5.75 Å². The van der Waals surface area contributed by atoms with Gasteiger partial charge in [0.2, 0.25) is 0 Å². The number of nitrogens with zero attached hydrogens (tertiary/aromatic N) is 1. The van der Waals surface area contributed by atoms with E-state index < -0.39 is 0 Å². The normalized spacial score (nSPS) is 10.2. The Morgan fingerprint density at radius 3 is 2.74 bits per heavy atom. The fourth-order valence-corrected chi connectivity index (χ4v) is 1.88. The third-order valence-corrected chi connectivity index (χ3v) is 2.84. The van der Waals surface area contributed by atoms with E-state index in [-0.39, 0.29) is 0 Å². The van der Waals surface area contributed by atoms with Crippen LogP contribution >= 0.6 is 0 Å². The minimum Gasteiger partial charge on any atom is -0.493 e. The molecule has 0 atom stereocenters. The molecule has 0 amide bonds.